The monoisotopic (exact) mass is 316 g/mol. The van der Waals surface area contributed by atoms with E-state index in [1.807, 2.05) is 0 Å². The Morgan fingerprint density at radius 2 is 1.96 bits per heavy atom. The molecule has 23 heavy (non-hydrogen) atoms. The average Bonchev–Trinajstić information content (AvgIpc) is 2.50. The zero-order chi connectivity index (χ0) is 16.6. The van der Waals surface area contributed by atoms with Crippen molar-refractivity contribution in [1.82, 2.24) is 9.97 Å². The highest BCUT2D eigenvalue weighted by molar-refractivity contribution is 5.92. The number of carboxylic acid groups (broad SMARTS) is 1. The van der Waals surface area contributed by atoms with E-state index in [1.54, 1.807) is 0 Å². The largest absolute Gasteiger partial charge is 0.478 e. The molecule has 0 unspecified atom stereocenters. The summed E-state index contributed by atoms with van der Waals surface area (Å²) in [4.78, 5) is 29.6. The number of nitrogens with one attached hydrogen (secondary N) is 1. The van der Waals surface area contributed by atoms with E-state index in [0.717, 1.165) is 18.2 Å². The molecule has 3 aromatic rings. The van der Waals surface area contributed by atoms with E-state index < -0.39 is 23.2 Å². The first-order valence-corrected chi connectivity index (χ1v) is 6.64. The van der Waals surface area contributed by atoms with E-state index in [1.165, 1.54) is 18.2 Å². The number of aromatic amines is 1. The highest BCUT2D eigenvalue weighted by Gasteiger charge is 2.11. The van der Waals surface area contributed by atoms with Gasteiger partial charge in [0.1, 0.15) is 17.5 Å². The number of H-pyrrole nitrogens is 1. The lowest BCUT2D eigenvalue weighted by Crippen LogP contribution is -2.13. The summed E-state index contributed by atoms with van der Waals surface area (Å²) in [6.07, 6.45) is -0.119. The minimum absolute atomic E-state index is 0.0153. The Bertz CT molecular complexity index is 983. The first-order valence-electron chi connectivity index (χ1n) is 6.64. The molecular weight excluding hydrogens is 306 g/mol. The fourth-order valence-electron chi connectivity index (χ4n) is 2.26. The molecule has 0 aliphatic heterocycles. The maximum atomic E-state index is 13.7. The van der Waals surface area contributed by atoms with Gasteiger partial charge >= 0.3 is 5.97 Å². The molecule has 3 rings (SSSR count). The Morgan fingerprint density at radius 3 is 2.70 bits per heavy atom. The summed E-state index contributed by atoms with van der Waals surface area (Å²) in [6, 6.07) is 6.93. The van der Waals surface area contributed by atoms with E-state index in [0.29, 0.717) is 0 Å². The smallest absolute Gasteiger partial charge is 0.335 e. The van der Waals surface area contributed by atoms with Gasteiger partial charge in [0.15, 0.2) is 0 Å². The van der Waals surface area contributed by atoms with Crippen molar-refractivity contribution in [3.8, 4) is 0 Å². The van der Waals surface area contributed by atoms with E-state index in [2.05, 4.69) is 9.97 Å². The number of hydrogen-bond acceptors (Lipinski definition) is 3. The molecule has 0 amide bonds. The SMILES string of the molecule is O=C(O)c1ccc2c(=O)[nH]c(Cc3cc(F)ccc3F)nc2c1. The van der Waals surface area contributed by atoms with Gasteiger partial charge in [-0.05, 0) is 42.0 Å². The maximum Gasteiger partial charge on any atom is 0.335 e. The molecule has 0 saturated carbocycles. The molecule has 0 saturated heterocycles. The second-order valence-corrected chi connectivity index (χ2v) is 4.96. The third-order valence-corrected chi connectivity index (χ3v) is 3.37. The number of carboxylic acids is 1. The van der Waals surface area contributed by atoms with E-state index >= 15 is 0 Å². The van der Waals surface area contributed by atoms with Gasteiger partial charge in [-0.2, -0.15) is 0 Å². The maximum absolute atomic E-state index is 13.7. The van der Waals surface area contributed by atoms with Crippen molar-refractivity contribution >= 4 is 16.9 Å². The van der Waals surface area contributed by atoms with Gasteiger partial charge in [-0.1, -0.05) is 0 Å². The molecule has 2 aromatic carbocycles. The summed E-state index contributed by atoms with van der Waals surface area (Å²) in [7, 11) is 0. The van der Waals surface area contributed by atoms with Gasteiger partial charge in [-0.25, -0.2) is 18.6 Å². The normalized spacial score (nSPS) is 10.9. The molecule has 7 heteroatoms. The zero-order valence-electron chi connectivity index (χ0n) is 11.6. The highest BCUT2D eigenvalue weighted by atomic mass is 19.1. The van der Waals surface area contributed by atoms with Crippen molar-refractivity contribution in [2.75, 3.05) is 0 Å². The van der Waals surface area contributed by atoms with Gasteiger partial charge in [0.2, 0.25) is 0 Å². The van der Waals surface area contributed by atoms with Gasteiger partial charge in [0, 0.05) is 6.42 Å². The van der Waals surface area contributed by atoms with Crippen molar-refractivity contribution < 1.29 is 18.7 Å². The molecule has 0 radical (unpaired) electrons. The van der Waals surface area contributed by atoms with Gasteiger partial charge in [-0.3, -0.25) is 4.79 Å². The summed E-state index contributed by atoms with van der Waals surface area (Å²) in [5, 5.41) is 9.20. The van der Waals surface area contributed by atoms with Crippen LogP contribution in [0.1, 0.15) is 21.7 Å². The summed E-state index contributed by atoms with van der Waals surface area (Å²) < 4.78 is 26.9. The third-order valence-electron chi connectivity index (χ3n) is 3.37. The molecule has 5 nitrogen and oxygen atoms in total. The molecule has 1 aromatic heterocycles. The Hall–Kier alpha value is -3.09. The average molecular weight is 316 g/mol. The number of aromatic nitrogens is 2. The number of halogens is 2. The number of fused-ring (bicyclic) bond motifs is 1. The Labute approximate surface area is 128 Å². The predicted molar refractivity (Wildman–Crippen MR) is 78.5 cm³/mol. The van der Waals surface area contributed by atoms with Crippen LogP contribution in [0.5, 0.6) is 0 Å². The standard InChI is InChI=1S/C16H10F2N2O3/c17-10-2-4-12(18)9(5-10)7-14-19-13-6-8(16(22)23)1-3-11(13)15(21)20-14/h1-6H,7H2,(H,22,23)(H,19,20,21). The molecule has 0 aliphatic carbocycles. The van der Waals surface area contributed by atoms with Crippen LogP contribution in [0, 0.1) is 11.6 Å². The Kier molecular flexibility index (Phi) is 3.61. The number of aromatic carboxylic acids is 1. The highest BCUT2D eigenvalue weighted by Crippen LogP contribution is 2.15. The number of carbonyl (C=O) groups is 1. The lowest BCUT2D eigenvalue weighted by molar-refractivity contribution is 0.0697. The van der Waals surface area contributed by atoms with Crippen molar-refractivity contribution in [3.05, 3.63) is 75.3 Å². The Morgan fingerprint density at radius 1 is 1.17 bits per heavy atom. The lowest BCUT2D eigenvalue weighted by Gasteiger charge is -2.05. The van der Waals surface area contributed by atoms with Crippen LogP contribution < -0.4 is 5.56 Å². The van der Waals surface area contributed by atoms with Crippen LogP contribution in [-0.4, -0.2) is 21.0 Å². The molecule has 0 atom stereocenters. The summed E-state index contributed by atoms with van der Waals surface area (Å²) in [6.45, 7) is 0. The van der Waals surface area contributed by atoms with Crippen LogP contribution in [0.15, 0.2) is 41.2 Å². The van der Waals surface area contributed by atoms with Crippen LogP contribution in [0.4, 0.5) is 8.78 Å². The summed E-state index contributed by atoms with van der Waals surface area (Å²) in [5.41, 5.74) is -0.264. The third kappa shape index (κ3) is 2.94. The van der Waals surface area contributed by atoms with Crippen molar-refractivity contribution in [2.45, 2.75) is 6.42 Å². The number of rotatable bonds is 3. The van der Waals surface area contributed by atoms with Gasteiger partial charge in [0.25, 0.3) is 5.56 Å². The van der Waals surface area contributed by atoms with Crippen molar-refractivity contribution in [3.63, 3.8) is 0 Å². The minimum Gasteiger partial charge on any atom is -0.478 e. The number of hydrogen-bond donors (Lipinski definition) is 2. The van der Waals surface area contributed by atoms with Crippen LogP contribution in [0.3, 0.4) is 0 Å². The van der Waals surface area contributed by atoms with Gasteiger partial charge < -0.3 is 10.1 Å². The Balaban J connectivity index is 2.09. The lowest BCUT2D eigenvalue weighted by atomic mass is 10.1. The second-order valence-electron chi connectivity index (χ2n) is 4.96. The molecule has 2 N–H and O–H groups in total. The van der Waals surface area contributed by atoms with Gasteiger partial charge in [-0.15, -0.1) is 0 Å². The summed E-state index contributed by atoms with van der Waals surface area (Å²) >= 11 is 0. The first kappa shape index (κ1) is 14.8. The fourth-order valence-corrected chi connectivity index (χ4v) is 2.26. The molecule has 1 heterocycles. The molecule has 0 aliphatic rings. The number of benzene rings is 2. The molecule has 0 fully saturated rings. The van der Waals surface area contributed by atoms with E-state index in [4.69, 9.17) is 5.11 Å². The van der Waals surface area contributed by atoms with Gasteiger partial charge in [0.05, 0.1) is 16.5 Å². The van der Waals surface area contributed by atoms with Crippen LogP contribution in [0.2, 0.25) is 0 Å². The minimum atomic E-state index is -1.15. The topological polar surface area (TPSA) is 83.0 Å². The van der Waals surface area contributed by atoms with E-state index in [-0.39, 0.29) is 34.3 Å². The van der Waals surface area contributed by atoms with Crippen molar-refractivity contribution in [2.24, 2.45) is 0 Å². The second kappa shape index (κ2) is 5.60. The molecule has 0 spiro atoms. The van der Waals surface area contributed by atoms with E-state index in [9.17, 15) is 18.4 Å². The quantitative estimate of drug-likeness (QED) is 0.777. The number of nitrogens with zero attached hydrogens (tertiary/aromatic N) is 1. The predicted octanol–water partition coefficient (Wildman–Crippen LogP) is 2.49. The molecular formula is C16H10F2N2O3. The molecule has 0 bridgehead atoms. The summed E-state index contributed by atoms with van der Waals surface area (Å²) in [5.74, 6) is -2.24. The first-order chi connectivity index (χ1) is 10.9. The van der Waals surface area contributed by atoms with Crippen LogP contribution in [-0.2, 0) is 6.42 Å². The zero-order valence-corrected chi connectivity index (χ0v) is 11.6. The molecule has 116 valence electrons. The van der Waals surface area contributed by atoms with Crippen LogP contribution >= 0.6 is 0 Å². The fraction of sp³-hybridized carbons (Fsp3) is 0.0625. The van der Waals surface area contributed by atoms with Crippen molar-refractivity contribution in [1.29, 1.82) is 0 Å². The van der Waals surface area contributed by atoms with Crippen LogP contribution in [0.25, 0.3) is 10.9 Å².